The monoisotopic (exact) mass is 440 g/mol. The van der Waals surface area contributed by atoms with Crippen LogP contribution in [-0.2, 0) is 19.6 Å². The number of sulfonamides is 1. The molecule has 2 fully saturated rings. The van der Waals surface area contributed by atoms with Crippen LogP contribution in [-0.4, -0.2) is 47.8 Å². The van der Waals surface area contributed by atoms with E-state index < -0.39 is 16.1 Å². The predicted octanol–water partition coefficient (Wildman–Crippen LogP) is 3.21. The number of ether oxygens (including phenoxy) is 1. The minimum Gasteiger partial charge on any atom is -0.370 e. The van der Waals surface area contributed by atoms with Crippen LogP contribution in [0.5, 0.6) is 0 Å². The molecule has 3 heterocycles. The molecule has 1 amide bonds. The van der Waals surface area contributed by atoms with Crippen molar-refractivity contribution in [2.24, 2.45) is 0 Å². The summed E-state index contributed by atoms with van der Waals surface area (Å²) in [5.41, 5.74) is 2.21. The Bertz CT molecular complexity index is 1200. The summed E-state index contributed by atoms with van der Waals surface area (Å²) in [6.07, 6.45) is 3.09. The van der Waals surface area contributed by atoms with Crippen LogP contribution in [0, 0.1) is 0 Å². The zero-order chi connectivity index (χ0) is 21.4. The van der Waals surface area contributed by atoms with Gasteiger partial charge in [-0.25, -0.2) is 13.4 Å². The molecule has 2 aliphatic heterocycles. The fourth-order valence-corrected chi connectivity index (χ4v) is 5.97. The van der Waals surface area contributed by atoms with E-state index in [4.69, 9.17) is 4.74 Å². The molecule has 0 saturated carbocycles. The SMILES string of the molecule is O=C(Nc1ccc2nc(C3CCCO3)[nH]c2c1)C1CCCN1S(=O)(=O)c1ccccc1. The number of amides is 1. The van der Waals surface area contributed by atoms with Crippen LogP contribution in [0.15, 0.2) is 53.4 Å². The number of hydrogen-bond acceptors (Lipinski definition) is 5. The Morgan fingerprint density at radius 2 is 1.97 bits per heavy atom. The summed E-state index contributed by atoms with van der Waals surface area (Å²) >= 11 is 0. The lowest BCUT2D eigenvalue weighted by Gasteiger charge is -2.23. The normalized spacial score (nSPS) is 22.2. The molecule has 2 unspecified atom stereocenters. The Hall–Kier alpha value is -2.75. The first-order valence-corrected chi connectivity index (χ1v) is 12.0. The standard InChI is InChI=1S/C22H24N4O4S/c27-22(19-8-4-12-26(19)31(28,29)16-6-2-1-3-7-16)23-15-10-11-17-18(14-15)25-21(24-17)20-9-5-13-30-20/h1-3,6-7,10-11,14,19-20H,4-5,8-9,12-13H2,(H,23,27)(H,24,25). The van der Waals surface area contributed by atoms with Gasteiger partial charge in [0.05, 0.1) is 15.9 Å². The van der Waals surface area contributed by atoms with E-state index in [9.17, 15) is 13.2 Å². The first-order valence-electron chi connectivity index (χ1n) is 10.5. The molecular weight excluding hydrogens is 416 g/mol. The van der Waals surface area contributed by atoms with Gasteiger partial charge >= 0.3 is 0 Å². The van der Waals surface area contributed by atoms with Gasteiger partial charge < -0.3 is 15.0 Å². The quantitative estimate of drug-likeness (QED) is 0.634. The summed E-state index contributed by atoms with van der Waals surface area (Å²) in [5.74, 6) is 0.474. The van der Waals surface area contributed by atoms with E-state index >= 15 is 0 Å². The lowest BCUT2D eigenvalue weighted by atomic mass is 10.2. The van der Waals surface area contributed by atoms with E-state index in [1.807, 2.05) is 12.1 Å². The molecule has 2 saturated heterocycles. The van der Waals surface area contributed by atoms with E-state index in [1.165, 1.54) is 4.31 Å². The summed E-state index contributed by atoms with van der Waals surface area (Å²) < 4.78 is 33.0. The highest BCUT2D eigenvalue weighted by Gasteiger charge is 2.39. The first-order chi connectivity index (χ1) is 15.0. The number of imidazole rings is 1. The molecule has 2 atom stereocenters. The summed E-state index contributed by atoms with van der Waals surface area (Å²) in [5, 5.41) is 2.88. The topological polar surface area (TPSA) is 104 Å². The van der Waals surface area contributed by atoms with E-state index in [1.54, 1.807) is 36.4 Å². The number of rotatable bonds is 5. The van der Waals surface area contributed by atoms with Gasteiger partial charge in [-0.05, 0) is 56.0 Å². The number of fused-ring (bicyclic) bond motifs is 1. The van der Waals surface area contributed by atoms with Crippen molar-refractivity contribution in [2.75, 3.05) is 18.5 Å². The van der Waals surface area contributed by atoms with Crippen LogP contribution in [0.1, 0.15) is 37.6 Å². The van der Waals surface area contributed by atoms with E-state index in [0.29, 0.717) is 25.1 Å². The summed E-state index contributed by atoms with van der Waals surface area (Å²) in [4.78, 5) is 21.1. The Morgan fingerprint density at radius 3 is 2.74 bits per heavy atom. The molecule has 3 aromatic rings. The molecule has 2 aromatic carbocycles. The molecule has 8 nitrogen and oxygen atoms in total. The maximum atomic E-state index is 13.0. The average Bonchev–Trinajstić information content (AvgIpc) is 3.54. The minimum absolute atomic E-state index is 0.0133. The molecule has 31 heavy (non-hydrogen) atoms. The van der Waals surface area contributed by atoms with Crippen molar-refractivity contribution in [1.29, 1.82) is 0 Å². The molecule has 162 valence electrons. The molecule has 5 rings (SSSR count). The Kier molecular flexibility index (Phi) is 5.25. The molecule has 2 N–H and O–H groups in total. The van der Waals surface area contributed by atoms with E-state index in [0.717, 1.165) is 36.3 Å². The number of aromatic nitrogens is 2. The molecule has 0 bridgehead atoms. The van der Waals surface area contributed by atoms with Crippen LogP contribution in [0.4, 0.5) is 5.69 Å². The average molecular weight is 441 g/mol. The second-order valence-corrected chi connectivity index (χ2v) is 9.82. The summed E-state index contributed by atoms with van der Waals surface area (Å²) in [6.45, 7) is 1.08. The fourth-order valence-electron chi connectivity index (χ4n) is 4.30. The number of H-pyrrole nitrogens is 1. The van der Waals surface area contributed by atoms with Gasteiger partial charge in [-0.3, -0.25) is 4.79 Å². The number of aromatic amines is 1. The third-order valence-corrected chi connectivity index (χ3v) is 7.78. The maximum Gasteiger partial charge on any atom is 0.243 e. The van der Waals surface area contributed by atoms with E-state index in [2.05, 4.69) is 15.3 Å². The summed E-state index contributed by atoms with van der Waals surface area (Å²) in [7, 11) is -3.72. The lowest BCUT2D eigenvalue weighted by molar-refractivity contribution is -0.119. The number of anilines is 1. The predicted molar refractivity (Wildman–Crippen MR) is 116 cm³/mol. The molecule has 9 heteroatoms. The van der Waals surface area contributed by atoms with Crippen molar-refractivity contribution in [2.45, 2.75) is 42.7 Å². The second-order valence-electron chi connectivity index (χ2n) is 7.93. The fraction of sp³-hybridized carbons (Fsp3) is 0.364. The Labute approximate surface area is 180 Å². The largest absolute Gasteiger partial charge is 0.370 e. The van der Waals surface area contributed by atoms with Gasteiger partial charge in [-0.15, -0.1) is 0 Å². The molecular formula is C22H24N4O4S. The molecule has 0 spiro atoms. The zero-order valence-electron chi connectivity index (χ0n) is 17.0. The first kappa shape index (κ1) is 20.2. The van der Waals surface area contributed by atoms with Crippen LogP contribution < -0.4 is 5.32 Å². The van der Waals surface area contributed by atoms with Crippen molar-refractivity contribution in [3.8, 4) is 0 Å². The van der Waals surface area contributed by atoms with E-state index in [-0.39, 0.29) is 16.9 Å². The second kappa shape index (κ2) is 8.07. The van der Waals surface area contributed by atoms with Crippen LogP contribution >= 0.6 is 0 Å². The molecule has 0 radical (unpaired) electrons. The summed E-state index contributed by atoms with van der Waals surface area (Å²) in [6, 6.07) is 13.0. The number of carbonyl (C=O) groups is 1. The van der Waals surface area contributed by atoms with Crippen molar-refractivity contribution in [3.63, 3.8) is 0 Å². The van der Waals surface area contributed by atoms with Crippen molar-refractivity contribution >= 4 is 32.7 Å². The minimum atomic E-state index is -3.72. The zero-order valence-corrected chi connectivity index (χ0v) is 17.8. The van der Waals surface area contributed by atoms with Crippen LogP contribution in [0.25, 0.3) is 11.0 Å². The highest BCUT2D eigenvalue weighted by molar-refractivity contribution is 7.89. The number of hydrogen-bond donors (Lipinski definition) is 2. The Balaban J connectivity index is 1.34. The Morgan fingerprint density at radius 1 is 1.13 bits per heavy atom. The van der Waals surface area contributed by atoms with Gasteiger partial charge in [0.15, 0.2) is 0 Å². The van der Waals surface area contributed by atoms with Crippen molar-refractivity contribution in [3.05, 3.63) is 54.4 Å². The van der Waals surface area contributed by atoms with Gasteiger partial charge in [-0.1, -0.05) is 18.2 Å². The van der Waals surface area contributed by atoms with Gasteiger partial charge in [0.1, 0.15) is 18.0 Å². The van der Waals surface area contributed by atoms with Crippen LogP contribution in [0.2, 0.25) is 0 Å². The number of nitrogens with zero attached hydrogens (tertiary/aromatic N) is 2. The number of carbonyl (C=O) groups excluding carboxylic acids is 1. The third kappa shape index (κ3) is 3.84. The van der Waals surface area contributed by atoms with Gasteiger partial charge in [0.2, 0.25) is 15.9 Å². The highest BCUT2D eigenvalue weighted by Crippen LogP contribution is 2.30. The van der Waals surface area contributed by atoms with Gasteiger partial charge in [0.25, 0.3) is 0 Å². The maximum absolute atomic E-state index is 13.0. The number of nitrogens with one attached hydrogen (secondary N) is 2. The molecule has 0 aliphatic carbocycles. The highest BCUT2D eigenvalue weighted by atomic mass is 32.2. The lowest BCUT2D eigenvalue weighted by Crippen LogP contribution is -2.43. The smallest absolute Gasteiger partial charge is 0.243 e. The van der Waals surface area contributed by atoms with Crippen molar-refractivity contribution < 1.29 is 17.9 Å². The van der Waals surface area contributed by atoms with Crippen LogP contribution in [0.3, 0.4) is 0 Å². The number of benzene rings is 2. The molecule has 2 aliphatic rings. The molecule has 1 aromatic heterocycles. The third-order valence-electron chi connectivity index (χ3n) is 5.86. The van der Waals surface area contributed by atoms with Gasteiger partial charge in [-0.2, -0.15) is 4.31 Å². The van der Waals surface area contributed by atoms with Gasteiger partial charge in [0, 0.05) is 18.8 Å². The van der Waals surface area contributed by atoms with Crippen molar-refractivity contribution in [1.82, 2.24) is 14.3 Å².